The Morgan fingerprint density at radius 2 is 2.13 bits per heavy atom. The number of hydrogen-bond donors (Lipinski definition) is 3. The van der Waals surface area contributed by atoms with Crippen molar-refractivity contribution in [3.8, 4) is 5.88 Å². The maximum atomic E-state index is 13.2. The third-order valence-electron chi connectivity index (χ3n) is 5.50. The van der Waals surface area contributed by atoms with Crippen molar-refractivity contribution in [2.75, 3.05) is 12.4 Å². The van der Waals surface area contributed by atoms with Gasteiger partial charge in [0.25, 0.3) is 0 Å². The lowest BCUT2D eigenvalue weighted by atomic mass is 9.84. The largest absolute Gasteiger partial charge is 0.493 e. The maximum absolute atomic E-state index is 13.2. The Morgan fingerprint density at radius 3 is 2.80 bits per heavy atom. The summed E-state index contributed by atoms with van der Waals surface area (Å²) >= 11 is 1.10. The highest BCUT2D eigenvalue weighted by Crippen LogP contribution is 2.33. The Bertz CT molecular complexity index is 941. The first-order chi connectivity index (χ1) is 14.4. The first-order valence-corrected chi connectivity index (χ1v) is 11.2. The molecule has 0 spiro atoms. The zero-order valence-electron chi connectivity index (χ0n) is 17.3. The van der Waals surface area contributed by atoms with E-state index >= 15 is 0 Å². The summed E-state index contributed by atoms with van der Waals surface area (Å²) in [5.41, 5.74) is 0.0426. The van der Waals surface area contributed by atoms with Gasteiger partial charge >= 0.3 is 11.7 Å². The third kappa shape index (κ3) is 4.92. The molecule has 10 heteroatoms. The number of esters is 1. The van der Waals surface area contributed by atoms with E-state index in [1.807, 2.05) is 6.92 Å². The number of carbonyl (C=O) groups is 2. The molecule has 1 aliphatic carbocycles. The van der Waals surface area contributed by atoms with E-state index in [2.05, 4.69) is 20.0 Å². The van der Waals surface area contributed by atoms with Crippen LogP contribution < -0.4 is 11.0 Å². The van der Waals surface area contributed by atoms with Gasteiger partial charge < -0.3 is 20.1 Å². The lowest BCUT2D eigenvalue weighted by Crippen LogP contribution is -2.33. The number of aromatic amines is 1. The van der Waals surface area contributed by atoms with Gasteiger partial charge in [-0.3, -0.25) is 9.36 Å². The molecule has 0 aliphatic heterocycles. The van der Waals surface area contributed by atoms with Crippen LogP contribution in [0.3, 0.4) is 0 Å². The first-order valence-electron chi connectivity index (χ1n) is 10.3. The second-order valence-electron chi connectivity index (χ2n) is 7.63. The molecule has 1 aliphatic rings. The van der Waals surface area contributed by atoms with Crippen molar-refractivity contribution >= 4 is 28.3 Å². The predicted molar refractivity (Wildman–Crippen MR) is 113 cm³/mol. The average molecular weight is 437 g/mol. The summed E-state index contributed by atoms with van der Waals surface area (Å²) in [6, 6.07) is -0.868. The van der Waals surface area contributed by atoms with E-state index < -0.39 is 23.6 Å². The molecule has 1 saturated carbocycles. The quantitative estimate of drug-likeness (QED) is 0.546. The Balaban J connectivity index is 1.87. The van der Waals surface area contributed by atoms with Crippen molar-refractivity contribution in [1.29, 1.82) is 0 Å². The van der Waals surface area contributed by atoms with Crippen LogP contribution >= 0.6 is 11.3 Å². The molecule has 164 valence electrons. The standard InChI is InChI=1S/C20H28N4O5S/c1-3-7-13-17(26)24(20(28)22-13)15(10-12-8-5-4-6-9-12)16(25)23-19-21-14(11-30-19)18(27)29-2/h11-12,15,26H,3-10H2,1-2H3,(H,22,28)(H,21,23,25)/t15-/m0/s1. The number of thiazole rings is 1. The number of aryl methyl sites for hydroxylation is 1. The fourth-order valence-electron chi connectivity index (χ4n) is 3.99. The second-order valence-corrected chi connectivity index (χ2v) is 8.48. The van der Waals surface area contributed by atoms with Crippen LogP contribution in [-0.4, -0.2) is 38.6 Å². The number of methoxy groups -OCH3 is 1. The van der Waals surface area contributed by atoms with E-state index in [0.717, 1.165) is 48.0 Å². The molecule has 0 radical (unpaired) electrons. The van der Waals surface area contributed by atoms with Crippen molar-refractivity contribution in [1.82, 2.24) is 14.5 Å². The SMILES string of the molecule is CCCc1[nH]c(=O)n([C@@H](CC2CCCCC2)C(=O)Nc2nc(C(=O)OC)cs2)c1O. The van der Waals surface area contributed by atoms with Gasteiger partial charge in [-0.1, -0.05) is 45.4 Å². The van der Waals surface area contributed by atoms with Crippen LogP contribution in [0.2, 0.25) is 0 Å². The van der Waals surface area contributed by atoms with Gasteiger partial charge in [0, 0.05) is 5.38 Å². The summed E-state index contributed by atoms with van der Waals surface area (Å²) in [5, 5.41) is 15.1. The van der Waals surface area contributed by atoms with Crippen LogP contribution in [0.15, 0.2) is 10.2 Å². The normalized spacial score (nSPS) is 15.7. The van der Waals surface area contributed by atoms with Crippen LogP contribution in [0, 0.1) is 5.92 Å². The number of aromatic hydroxyl groups is 1. The fraction of sp³-hybridized carbons (Fsp3) is 0.600. The molecular weight excluding hydrogens is 408 g/mol. The van der Waals surface area contributed by atoms with E-state index in [1.165, 1.54) is 18.9 Å². The smallest absolute Gasteiger partial charge is 0.357 e. The van der Waals surface area contributed by atoms with E-state index in [9.17, 15) is 19.5 Å². The monoisotopic (exact) mass is 436 g/mol. The third-order valence-corrected chi connectivity index (χ3v) is 6.26. The summed E-state index contributed by atoms with van der Waals surface area (Å²) in [6.45, 7) is 1.95. The minimum Gasteiger partial charge on any atom is -0.493 e. The first kappa shape index (κ1) is 22.1. The van der Waals surface area contributed by atoms with Gasteiger partial charge in [0.1, 0.15) is 6.04 Å². The Labute approximate surface area is 178 Å². The fourth-order valence-corrected chi connectivity index (χ4v) is 4.67. The summed E-state index contributed by atoms with van der Waals surface area (Å²) in [7, 11) is 1.26. The van der Waals surface area contributed by atoms with Crippen molar-refractivity contribution in [2.45, 2.75) is 64.3 Å². The second kappa shape index (κ2) is 9.92. The zero-order chi connectivity index (χ0) is 21.7. The molecule has 3 N–H and O–H groups in total. The number of anilines is 1. The average Bonchev–Trinajstić information content (AvgIpc) is 3.31. The van der Waals surface area contributed by atoms with Gasteiger partial charge in [-0.15, -0.1) is 11.3 Å². The van der Waals surface area contributed by atoms with Crippen molar-refractivity contribution in [3.05, 3.63) is 27.3 Å². The number of imidazole rings is 1. The highest BCUT2D eigenvalue weighted by atomic mass is 32.1. The summed E-state index contributed by atoms with van der Waals surface area (Å²) in [6.07, 6.45) is 7.09. The summed E-state index contributed by atoms with van der Waals surface area (Å²) in [5.74, 6) is -0.917. The van der Waals surface area contributed by atoms with Gasteiger partial charge in [-0.05, 0) is 18.8 Å². The van der Waals surface area contributed by atoms with Crippen LogP contribution in [0.5, 0.6) is 5.88 Å². The van der Waals surface area contributed by atoms with Gasteiger partial charge in [0.15, 0.2) is 10.8 Å². The summed E-state index contributed by atoms with van der Waals surface area (Å²) < 4.78 is 5.80. The van der Waals surface area contributed by atoms with E-state index in [4.69, 9.17) is 0 Å². The van der Waals surface area contributed by atoms with Crippen molar-refractivity contribution in [3.63, 3.8) is 0 Å². The van der Waals surface area contributed by atoms with E-state index in [-0.39, 0.29) is 16.7 Å². The number of nitrogens with zero attached hydrogens (tertiary/aromatic N) is 2. The Kier molecular flexibility index (Phi) is 7.30. The molecule has 2 heterocycles. The van der Waals surface area contributed by atoms with Gasteiger partial charge in [-0.25, -0.2) is 14.6 Å². The van der Waals surface area contributed by atoms with Gasteiger partial charge in [-0.2, -0.15) is 0 Å². The number of H-pyrrole nitrogens is 1. The Hall–Kier alpha value is -2.62. The van der Waals surface area contributed by atoms with Gasteiger partial charge in [0.2, 0.25) is 11.8 Å². The molecular formula is C20H28N4O5S. The van der Waals surface area contributed by atoms with Crippen molar-refractivity contribution < 1.29 is 19.4 Å². The molecule has 0 aromatic carbocycles. The maximum Gasteiger partial charge on any atom is 0.357 e. The number of aromatic nitrogens is 3. The molecule has 0 bridgehead atoms. The molecule has 0 unspecified atom stereocenters. The van der Waals surface area contributed by atoms with Gasteiger partial charge in [0.05, 0.1) is 12.8 Å². The molecule has 0 saturated heterocycles. The van der Waals surface area contributed by atoms with Crippen LogP contribution in [-0.2, 0) is 16.0 Å². The number of rotatable bonds is 8. The number of ether oxygens (including phenoxy) is 1. The number of carbonyl (C=O) groups excluding carboxylic acids is 2. The van der Waals surface area contributed by atoms with E-state index in [0.29, 0.717) is 24.5 Å². The predicted octanol–water partition coefficient (Wildman–Crippen LogP) is 3.23. The lowest BCUT2D eigenvalue weighted by Gasteiger charge is -2.26. The molecule has 3 rings (SSSR count). The van der Waals surface area contributed by atoms with Crippen LogP contribution in [0.1, 0.15) is 74.1 Å². The molecule has 2 aromatic heterocycles. The molecule has 1 amide bonds. The highest BCUT2D eigenvalue weighted by molar-refractivity contribution is 7.14. The Morgan fingerprint density at radius 1 is 1.40 bits per heavy atom. The zero-order valence-corrected chi connectivity index (χ0v) is 18.1. The highest BCUT2D eigenvalue weighted by Gasteiger charge is 2.31. The molecule has 9 nitrogen and oxygen atoms in total. The minimum absolute atomic E-state index is 0.105. The van der Waals surface area contributed by atoms with Crippen LogP contribution in [0.25, 0.3) is 0 Å². The lowest BCUT2D eigenvalue weighted by molar-refractivity contribution is -0.120. The molecule has 2 aromatic rings. The molecule has 1 fully saturated rings. The van der Waals surface area contributed by atoms with E-state index in [1.54, 1.807) is 0 Å². The minimum atomic E-state index is -0.868. The summed E-state index contributed by atoms with van der Waals surface area (Å²) in [4.78, 5) is 44.1. The molecule has 30 heavy (non-hydrogen) atoms. The topological polar surface area (TPSA) is 126 Å². The number of hydrogen-bond acceptors (Lipinski definition) is 7. The van der Waals surface area contributed by atoms with Crippen molar-refractivity contribution in [2.24, 2.45) is 5.92 Å². The molecule has 1 atom stereocenters. The number of nitrogens with one attached hydrogen (secondary N) is 2. The number of amides is 1. The van der Waals surface area contributed by atoms with Crippen LogP contribution in [0.4, 0.5) is 5.13 Å².